The lowest BCUT2D eigenvalue weighted by Gasteiger charge is -2.26. The zero-order chi connectivity index (χ0) is 37.7. The molecule has 0 saturated carbocycles. The minimum absolute atomic E-state index is 0.596. The van der Waals surface area contributed by atoms with Crippen molar-refractivity contribution in [3.63, 3.8) is 0 Å². The monoisotopic (exact) mass is 748 g/mol. The van der Waals surface area contributed by atoms with Gasteiger partial charge in [-0.1, -0.05) is 127 Å². The van der Waals surface area contributed by atoms with Crippen LogP contribution in [0, 0.1) is 0 Å². The second-order valence-corrected chi connectivity index (χ2v) is 15.1. The van der Waals surface area contributed by atoms with Crippen molar-refractivity contribution < 1.29 is 4.42 Å². The molecule has 6 heteroatoms. The molecular formula is C51H32N4OS. The lowest BCUT2D eigenvalue weighted by atomic mass is 10.0. The first-order valence-corrected chi connectivity index (χ1v) is 19.7. The normalized spacial score (nSPS) is 11.5. The van der Waals surface area contributed by atoms with E-state index in [1.165, 1.54) is 25.9 Å². The highest BCUT2D eigenvalue weighted by Crippen LogP contribution is 2.45. The number of rotatable bonds is 7. The number of nitrogens with zero attached hydrogens (tertiary/aromatic N) is 4. The van der Waals surface area contributed by atoms with Crippen molar-refractivity contribution in [3.8, 4) is 45.3 Å². The Morgan fingerprint density at radius 2 is 0.947 bits per heavy atom. The molecule has 5 nitrogen and oxygen atoms in total. The highest BCUT2D eigenvalue weighted by atomic mass is 32.1. The van der Waals surface area contributed by atoms with Gasteiger partial charge in [-0.2, -0.15) is 0 Å². The quantitative estimate of drug-likeness (QED) is 0.162. The predicted octanol–water partition coefficient (Wildman–Crippen LogP) is 14.3. The van der Waals surface area contributed by atoms with Crippen molar-refractivity contribution >= 4 is 70.5 Å². The number of fused-ring (bicyclic) bond motifs is 6. The van der Waals surface area contributed by atoms with Gasteiger partial charge in [0.05, 0.1) is 5.69 Å². The van der Waals surface area contributed by atoms with E-state index in [9.17, 15) is 0 Å². The van der Waals surface area contributed by atoms with E-state index >= 15 is 0 Å². The van der Waals surface area contributed by atoms with E-state index in [2.05, 4.69) is 132 Å². The third-order valence-electron chi connectivity index (χ3n) is 10.5. The van der Waals surface area contributed by atoms with Gasteiger partial charge in [0.2, 0.25) is 0 Å². The highest BCUT2D eigenvalue weighted by Gasteiger charge is 2.19. The number of hydrogen-bond donors (Lipinski definition) is 0. The first kappa shape index (κ1) is 33.0. The SMILES string of the molecule is c1ccc(-c2nc(-c3ccccc3)nc(-c3ccc4c(c3)oc3ccc(-c5ccc(N(c6ccccc6)c6cccc7sc8ccccc8c67)cc5)cc34)n2)cc1. The van der Waals surface area contributed by atoms with Gasteiger partial charge in [-0.15, -0.1) is 11.3 Å². The van der Waals surface area contributed by atoms with Gasteiger partial charge in [0.25, 0.3) is 0 Å². The summed E-state index contributed by atoms with van der Waals surface area (Å²) in [4.78, 5) is 17.1. The molecule has 0 aliphatic rings. The molecule has 11 aromatic rings. The highest BCUT2D eigenvalue weighted by molar-refractivity contribution is 7.26. The van der Waals surface area contributed by atoms with Crippen molar-refractivity contribution in [1.82, 2.24) is 15.0 Å². The summed E-state index contributed by atoms with van der Waals surface area (Å²) in [6.07, 6.45) is 0. The van der Waals surface area contributed by atoms with Crippen LogP contribution in [-0.2, 0) is 0 Å². The fourth-order valence-corrected chi connectivity index (χ4v) is 8.91. The van der Waals surface area contributed by atoms with Crippen LogP contribution in [0.2, 0.25) is 0 Å². The number of anilines is 3. The van der Waals surface area contributed by atoms with E-state index in [0.29, 0.717) is 17.5 Å². The Balaban J connectivity index is 0.964. The molecule has 0 radical (unpaired) electrons. The van der Waals surface area contributed by atoms with Crippen molar-refractivity contribution in [2.24, 2.45) is 0 Å². The molecule has 11 rings (SSSR count). The van der Waals surface area contributed by atoms with Gasteiger partial charge in [-0.3, -0.25) is 0 Å². The molecule has 0 saturated heterocycles. The standard InChI is InChI=1S/C51H32N4OS/c1-4-13-34(14-5-1)49-52-50(35-15-6-2-7-16-35)54-51(53-49)37-25-29-40-42-31-36(26-30-44(42)56-45(40)32-37)33-23-27-39(28-24-33)55(38-17-8-3-9-18-38)43-20-12-22-47-48(43)41-19-10-11-21-46(41)57-47/h1-32H. The van der Waals surface area contributed by atoms with Gasteiger partial charge < -0.3 is 9.32 Å². The molecule has 3 heterocycles. The molecule has 0 unspecified atom stereocenters. The molecule has 0 aliphatic heterocycles. The van der Waals surface area contributed by atoms with Gasteiger partial charge in [-0.05, 0) is 77.9 Å². The number of aromatic nitrogens is 3. The van der Waals surface area contributed by atoms with E-state index in [-0.39, 0.29) is 0 Å². The zero-order valence-corrected chi connectivity index (χ0v) is 31.4. The Morgan fingerprint density at radius 3 is 1.67 bits per heavy atom. The van der Waals surface area contributed by atoms with E-state index in [1.807, 2.05) is 78.1 Å². The number of benzene rings is 8. The van der Waals surface area contributed by atoms with Gasteiger partial charge >= 0.3 is 0 Å². The predicted molar refractivity (Wildman–Crippen MR) is 236 cm³/mol. The lowest BCUT2D eigenvalue weighted by Crippen LogP contribution is -2.10. The first-order valence-electron chi connectivity index (χ1n) is 18.9. The van der Waals surface area contributed by atoms with Crippen molar-refractivity contribution in [1.29, 1.82) is 0 Å². The summed E-state index contributed by atoms with van der Waals surface area (Å²) in [6, 6.07) is 67.6. The van der Waals surface area contributed by atoms with E-state index in [1.54, 1.807) is 0 Å². The summed E-state index contributed by atoms with van der Waals surface area (Å²) in [6.45, 7) is 0. The fraction of sp³-hybridized carbons (Fsp3) is 0. The molecule has 0 spiro atoms. The minimum Gasteiger partial charge on any atom is -0.456 e. The van der Waals surface area contributed by atoms with Crippen LogP contribution in [0.3, 0.4) is 0 Å². The Morgan fingerprint density at radius 1 is 0.368 bits per heavy atom. The van der Waals surface area contributed by atoms with Crippen LogP contribution in [0.25, 0.3) is 87.4 Å². The van der Waals surface area contributed by atoms with E-state index in [0.717, 1.165) is 61.1 Å². The fourth-order valence-electron chi connectivity index (χ4n) is 7.78. The van der Waals surface area contributed by atoms with Gasteiger partial charge in [0, 0.05) is 59.0 Å². The second kappa shape index (κ2) is 13.7. The summed E-state index contributed by atoms with van der Waals surface area (Å²) in [5.74, 6) is 1.85. The Bertz CT molecular complexity index is 3170. The molecule has 0 bridgehead atoms. The van der Waals surface area contributed by atoms with Crippen molar-refractivity contribution in [2.45, 2.75) is 0 Å². The van der Waals surface area contributed by atoms with E-state index < -0.39 is 0 Å². The van der Waals surface area contributed by atoms with Crippen LogP contribution < -0.4 is 4.90 Å². The van der Waals surface area contributed by atoms with Crippen LogP contribution in [0.5, 0.6) is 0 Å². The third-order valence-corrected chi connectivity index (χ3v) is 11.7. The second-order valence-electron chi connectivity index (χ2n) is 14.0. The van der Waals surface area contributed by atoms with Gasteiger partial charge in [-0.25, -0.2) is 15.0 Å². The van der Waals surface area contributed by atoms with Crippen LogP contribution in [0.4, 0.5) is 17.1 Å². The van der Waals surface area contributed by atoms with Crippen LogP contribution >= 0.6 is 11.3 Å². The molecule has 0 aliphatic carbocycles. The molecule has 268 valence electrons. The Labute approximate surface area is 332 Å². The average Bonchev–Trinajstić information content (AvgIpc) is 3.86. The summed E-state index contributed by atoms with van der Waals surface area (Å²) in [5.41, 5.74) is 9.98. The molecule has 57 heavy (non-hydrogen) atoms. The summed E-state index contributed by atoms with van der Waals surface area (Å²) < 4.78 is 9.04. The van der Waals surface area contributed by atoms with E-state index in [4.69, 9.17) is 19.4 Å². The maximum Gasteiger partial charge on any atom is 0.164 e. The summed E-state index contributed by atoms with van der Waals surface area (Å²) >= 11 is 1.84. The minimum atomic E-state index is 0.596. The molecular weight excluding hydrogens is 717 g/mol. The lowest BCUT2D eigenvalue weighted by molar-refractivity contribution is 0.669. The number of furan rings is 1. The molecule has 0 fully saturated rings. The molecule has 8 aromatic carbocycles. The first-order chi connectivity index (χ1) is 28.2. The summed E-state index contributed by atoms with van der Waals surface area (Å²) in [5, 5.41) is 4.65. The maximum atomic E-state index is 6.47. The maximum absolute atomic E-state index is 6.47. The molecule has 0 N–H and O–H groups in total. The average molecular weight is 749 g/mol. The number of para-hydroxylation sites is 1. The molecule has 0 atom stereocenters. The van der Waals surface area contributed by atoms with Crippen LogP contribution in [0.15, 0.2) is 199 Å². The Hall–Kier alpha value is -7.41. The Kier molecular flexibility index (Phi) is 7.93. The van der Waals surface area contributed by atoms with Crippen LogP contribution in [0.1, 0.15) is 0 Å². The number of hydrogen-bond acceptors (Lipinski definition) is 6. The topological polar surface area (TPSA) is 55.1 Å². The van der Waals surface area contributed by atoms with Gasteiger partial charge in [0.15, 0.2) is 17.5 Å². The van der Waals surface area contributed by atoms with Crippen molar-refractivity contribution in [3.05, 3.63) is 194 Å². The van der Waals surface area contributed by atoms with Crippen molar-refractivity contribution in [2.75, 3.05) is 4.90 Å². The van der Waals surface area contributed by atoms with Gasteiger partial charge in [0.1, 0.15) is 11.2 Å². The smallest absolute Gasteiger partial charge is 0.164 e. The summed E-state index contributed by atoms with van der Waals surface area (Å²) in [7, 11) is 0. The molecule has 0 amide bonds. The largest absolute Gasteiger partial charge is 0.456 e. The molecule has 3 aromatic heterocycles. The van der Waals surface area contributed by atoms with Crippen LogP contribution in [-0.4, -0.2) is 15.0 Å². The third kappa shape index (κ3) is 5.91. The number of thiophene rings is 1. The zero-order valence-electron chi connectivity index (χ0n) is 30.6.